The molecule has 0 saturated carbocycles. The molecule has 0 aliphatic carbocycles. The van der Waals surface area contributed by atoms with E-state index in [1.165, 1.54) is 11.1 Å². The maximum Gasteiger partial charge on any atom is 0.123 e. The number of methoxy groups -OCH3 is 2. The zero-order valence-electron chi connectivity index (χ0n) is 16.1. The van der Waals surface area contributed by atoms with Crippen LogP contribution in [0.4, 0.5) is 0 Å². The maximum atomic E-state index is 6.33. The second kappa shape index (κ2) is 7.42. The molecule has 4 heteroatoms. The van der Waals surface area contributed by atoms with Crippen molar-refractivity contribution in [2.24, 2.45) is 0 Å². The smallest absolute Gasteiger partial charge is 0.123 e. The Morgan fingerprint density at radius 3 is 1.50 bits per heavy atom. The maximum absolute atomic E-state index is 6.33. The van der Waals surface area contributed by atoms with Gasteiger partial charge < -0.3 is 13.9 Å². The molecule has 3 nitrogen and oxygen atoms in total. The van der Waals surface area contributed by atoms with Gasteiger partial charge >= 0.3 is 0 Å². The van der Waals surface area contributed by atoms with E-state index in [-0.39, 0.29) is 5.92 Å². The second-order valence-electron chi connectivity index (χ2n) is 7.43. The standard InChI is InChI=1S/C22H26O3Si/c1-23-18-10-6-16(7-11-18)22(17-8-12-19(24-2)13-9-17)20-14-15-21(25-20)26(3,4)5/h6-15,22H,1-5H3. The van der Waals surface area contributed by atoms with Crippen LogP contribution in [0.3, 0.4) is 0 Å². The fourth-order valence-corrected chi connectivity index (χ4v) is 4.03. The highest BCUT2D eigenvalue weighted by atomic mass is 28.3. The van der Waals surface area contributed by atoms with Gasteiger partial charge in [0.25, 0.3) is 0 Å². The third-order valence-electron chi connectivity index (χ3n) is 4.55. The molecule has 2 aromatic carbocycles. The normalized spacial score (nSPS) is 11.6. The SMILES string of the molecule is COc1ccc(C(c2ccc(OC)cc2)c2ccc([Si](C)(C)C)o2)cc1. The van der Waals surface area contributed by atoms with Crippen LogP contribution in [0.25, 0.3) is 0 Å². The summed E-state index contributed by atoms with van der Waals surface area (Å²) in [6.45, 7) is 6.89. The Labute approximate surface area is 156 Å². The van der Waals surface area contributed by atoms with E-state index in [9.17, 15) is 0 Å². The number of hydrogen-bond acceptors (Lipinski definition) is 3. The van der Waals surface area contributed by atoms with E-state index >= 15 is 0 Å². The van der Waals surface area contributed by atoms with E-state index in [0.717, 1.165) is 22.6 Å². The Morgan fingerprint density at radius 2 is 1.15 bits per heavy atom. The molecule has 0 saturated heterocycles. The number of rotatable bonds is 6. The predicted molar refractivity (Wildman–Crippen MR) is 109 cm³/mol. The monoisotopic (exact) mass is 366 g/mol. The van der Waals surface area contributed by atoms with Crippen LogP contribution >= 0.6 is 0 Å². The van der Waals surface area contributed by atoms with Gasteiger partial charge in [-0.2, -0.15) is 0 Å². The van der Waals surface area contributed by atoms with Crippen LogP contribution in [0.2, 0.25) is 19.6 Å². The number of hydrogen-bond donors (Lipinski definition) is 0. The van der Waals surface area contributed by atoms with E-state index in [2.05, 4.69) is 56.0 Å². The first-order valence-corrected chi connectivity index (χ1v) is 12.3. The summed E-state index contributed by atoms with van der Waals surface area (Å²) in [6.07, 6.45) is 0. The predicted octanol–water partition coefficient (Wildman–Crippen LogP) is 5.02. The fraction of sp³-hybridized carbons (Fsp3) is 0.273. The first-order valence-electron chi connectivity index (χ1n) is 8.80. The van der Waals surface area contributed by atoms with Crippen molar-refractivity contribution in [1.82, 2.24) is 0 Å². The largest absolute Gasteiger partial charge is 0.497 e. The first-order chi connectivity index (χ1) is 12.4. The van der Waals surface area contributed by atoms with Crippen LogP contribution < -0.4 is 14.9 Å². The Bertz CT molecular complexity index is 795. The molecule has 136 valence electrons. The number of benzene rings is 2. The summed E-state index contributed by atoms with van der Waals surface area (Å²) in [5.41, 5.74) is 2.35. The lowest BCUT2D eigenvalue weighted by molar-refractivity contribution is 0.414. The molecule has 0 N–H and O–H groups in total. The zero-order valence-corrected chi connectivity index (χ0v) is 17.1. The zero-order chi connectivity index (χ0) is 18.7. The van der Waals surface area contributed by atoms with Gasteiger partial charge in [-0.15, -0.1) is 0 Å². The molecular formula is C22H26O3Si. The van der Waals surface area contributed by atoms with Gasteiger partial charge in [0, 0.05) is 0 Å². The van der Waals surface area contributed by atoms with Gasteiger partial charge in [-0.1, -0.05) is 43.9 Å². The summed E-state index contributed by atoms with van der Waals surface area (Å²) in [5, 5.41) is 1.12. The van der Waals surface area contributed by atoms with Crippen LogP contribution in [0.1, 0.15) is 22.8 Å². The highest BCUT2D eigenvalue weighted by molar-refractivity contribution is 6.87. The lowest BCUT2D eigenvalue weighted by Gasteiger charge is -2.18. The summed E-state index contributed by atoms with van der Waals surface area (Å²) < 4.78 is 16.9. The van der Waals surface area contributed by atoms with Crippen molar-refractivity contribution in [3.05, 3.63) is 77.6 Å². The van der Waals surface area contributed by atoms with E-state index in [4.69, 9.17) is 13.9 Å². The Hall–Kier alpha value is -2.46. The van der Waals surface area contributed by atoms with Crippen molar-refractivity contribution in [3.63, 3.8) is 0 Å². The van der Waals surface area contributed by atoms with Crippen molar-refractivity contribution >= 4 is 13.5 Å². The molecule has 0 unspecified atom stereocenters. The van der Waals surface area contributed by atoms with Crippen molar-refractivity contribution < 1.29 is 13.9 Å². The van der Waals surface area contributed by atoms with Crippen molar-refractivity contribution in [2.75, 3.05) is 14.2 Å². The van der Waals surface area contributed by atoms with Gasteiger partial charge in [0.05, 0.1) is 25.5 Å². The summed E-state index contributed by atoms with van der Waals surface area (Å²) in [5.74, 6) is 2.71. The molecule has 3 rings (SSSR count). The minimum atomic E-state index is -1.50. The first kappa shape index (κ1) is 18.3. The molecule has 3 aromatic rings. The molecule has 0 aliphatic heterocycles. The van der Waals surface area contributed by atoms with Gasteiger partial charge in [-0.25, -0.2) is 0 Å². The summed E-state index contributed by atoms with van der Waals surface area (Å²) in [6, 6.07) is 20.6. The molecule has 1 heterocycles. The van der Waals surface area contributed by atoms with Gasteiger partial charge in [0.1, 0.15) is 25.3 Å². The molecule has 0 amide bonds. The molecule has 1 aromatic heterocycles. The van der Waals surface area contributed by atoms with Crippen LogP contribution in [-0.2, 0) is 0 Å². The average Bonchev–Trinajstić information content (AvgIpc) is 3.13. The Kier molecular flexibility index (Phi) is 5.23. The fourth-order valence-electron chi connectivity index (χ4n) is 3.02. The van der Waals surface area contributed by atoms with Crippen LogP contribution in [-0.4, -0.2) is 22.3 Å². The van der Waals surface area contributed by atoms with Crippen molar-refractivity contribution in [3.8, 4) is 11.5 Å². The number of furan rings is 1. The van der Waals surface area contributed by atoms with E-state index < -0.39 is 8.07 Å². The highest BCUT2D eigenvalue weighted by Crippen LogP contribution is 2.34. The van der Waals surface area contributed by atoms with Crippen LogP contribution in [0.5, 0.6) is 11.5 Å². The summed E-state index contributed by atoms with van der Waals surface area (Å²) in [7, 11) is 1.87. The third kappa shape index (κ3) is 3.86. The van der Waals surface area contributed by atoms with Gasteiger partial charge in [-0.05, 0) is 47.5 Å². The van der Waals surface area contributed by atoms with Crippen molar-refractivity contribution in [2.45, 2.75) is 25.6 Å². The third-order valence-corrected chi connectivity index (χ3v) is 6.30. The second-order valence-corrected chi connectivity index (χ2v) is 12.4. The van der Waals surface area contributed by atoms with Gasteiger partial charge in [-0.3, -0.25) is 0 Å². The summed E-state index contributed by atoms with van der Waals surface area (Å²) >= 11 is 0. The minimum absolute atomic E-state index is 0.0388. The van der Waals surface area contributed by atoms with Crippen LogP contribution in [0.15, 0.2) is 65.1 Å². The Balaban J connectivity index is 2.06. The minimum Gasteiger partial charge on any atom is -0.497 e. The molecule has 0 radical (unpaired) electrons. The molecule has 0 fully saturated rings. The van der Waals surface area contributed by atoms with E-state index in [0.29, 0.717) is 0 Å². The lowest BCUT2D eigenvalue weighted by atomic mass is 9.89. The summed E-state index contributed by atoms with van der Waals surface area (Å²) in [4.78, 5) is 0. The molecular weight excluding hydrogens is 340 g/mol. The highest BCUT2D eigenvalue weighted by Gasteiger charge is 2.25. The Morgan fingerprint density at radius 1 is 0.692 bits per heavy atom. The average molecular weight is 367 g/mol. The van der Waals surface area contributed by atoms with E-state index in [1.54, 1.807) is 14.2 Å². The lowest BCUT2D eigenvalue weighted by Crippen LogP contribution is -2.36. The topological polar surface area (TPSA) is 31.6 Å². The van der Waals surface area contributed by atoms with Crippen molar-refractivity contribution in [1.29, 1.82) is 0 Å². The molecule has 0 bridgehead atoms. The molecule has 0 atom stereocenters. The molecule has 26 heavy (non-hydrogen) atoms. The van der Waals surface area contributed by atoms with Gasteiger partial charge in [0.2, 0.25) is 0 Å². The molecule has 0 spiro atoms. The van der Waals surface area contributed by atoms with Crippen LogP contribution in [0, 0.1) is 0 Å². The number of ether oxygens (including phenoxy) is 2. The van der Waals surface area contributed by atoms with Gasteiger partial charge in [0.15, 0.2) is 0 Å². The van der Waals surface area contributed by atoms with E-state index in [1.807, 2.05) is 24.3 Å². The quantitative estimate of drug-likeness (QED) is 0.574. The molecule has 0 aliphatic rings.